The molecule has 1 fully saturated rings. The molecule has 19 heavy (non-hydrogen) atoms. The van der Waals surface area contributed by atoms with E-state index < -0.39 is 0 Å². The maximum absolute atomic E-state index is 13.0. The predicted molar refractivity (Wildman–Crippen MR) is 73.1 cm³/mol. The van der Waals surface area contributed by atoms with Gasteiger partial charge in [-0.3, -0.25) is 4.79 Å². The first-order valence-electron chi connectivity index (χ1n) is 6.29. The second-order valence-corrected chi connectivity index (χ2v) is 6.50. The third kappa shape index (κ3) is 1.51. The molecular formula is C16H11FOS. The smallest absolute Gasteiger partial charge is 0.181 e. The van der Waals surface area contributed by atoms with Gasteiger partial charge in [-0.1, -0.05) is 30.3 Å². The molecule has 0 aromatic heterocycles. The Kier molecular flexibility index (Phi) is 2.19. The maximum atomic E-state index is 13.0. The third-order valence-electron chi connectivity index (χ3n) is 3.99. The van der Waals surface area contributed by atoms with Gasteiger partial charge in [0, 0.05) is 16.4 Å². The van der Waals surface area contributed by atoms with Crippen molar-refractivity contribution < 1.29 is 9.18 Å². The highest BCUT2D eigenvalue weighted by Gasteiger charge is 2.64. The second-order valence-electron chi connectivity index (χ2n) is 5.13. The molecule has 2 unspecified atom stereocenters. The predicted octanol–water partition coefficient (Wildman–Crippen LogP) is 4.04. The van der Waals surface area contributed by atoms with Crippen LogP contribution in [0.3, 0.4) is 0 Å². The molecule has 3 heteroatoms. The van der Waals surface area contributed by atoms with E-state index in [1.165, 1.54) is 12.1 Å². The van der Waals surface area contributed by atoms with Gasteiger partial charge in [-0.05, 0) is 30.2 Å². The summed E-state index contributed by atoms with van der Waals surface area (Å²) in [5, 5.41) is 0. The standard InChI is InChI=1S/C16H11FOS/c17-11-7-5-10(6-8-11)13-9-16(13)15(18)12-3-1-2-4-14(12)19-16/h1-8,13H,9H2. The van der Waals surface area contributed by atoms with Gasteiger partial charge in [-0.25, -0.2) is 4.39 Å². The molecule has 2 aromatic carbocycles. The zero-order chi connectivity index (χ0) is 13.0. The number of ketones is 1. The van der Waals surface area contributed by atoms with Crippen molar-refractivity contribution in [3.8, 4) is 0 Å². The fourth-order valence-electron chi connectivity index (χ4n) is 2.90. The Morgan fingerprint density at radius 3 is 2.58 bits per heavy atom. The first-order valence-corrected chi connectivity index (χ1v) is 7.11. The van der Waals surface area contributed by atoms with E-state index in [4.69, 9.17) is 0 Å². The number of carbonyl (C=O) groups excluding carboxylic acids is 1. The maximum Gasteiger partial charge on any atom is 0.181 e. The van der Waals surface area contributed by atoms with Crippen LogP contribution >= 0.6 is 11.8 Å². The molecule has 2 aliphatic rings. The lowest BCUT2D eigenvalue weighted by Gasteiger charge is -2.06. The van der Waals surface area contributed by atoms with Gasteiger partial charge in [0.05, 0.1) is 4.75 Å². The minimum atomic E-state index is -0.318. The molecule has 0 bridgehead atoms. The average molecular weight is 270 g/mol. The van der Waals surface area contributed by atoms with Crippen LogP contribution in [0.15, 0.2) is 53.4 Å². The van der Waals surface area contributed by atoms with E-state index in [0.717, 1.165) is 22.4 Å². The molecule has 0 radical (unpaired) electrons. The Morgan fingerprint density at radius 2 is 1.84 bits per heavy atom. The van der Waals surface area contributed by atoms with Crippen LogP contribution in [0.5, 0.6) is 0 Å². The van der Waals surface area contributed by atoms with Crippen molar-refractivity contribution in [2.45, 2.75) is 22.0 Å². The number of hydrogen-bond acceptors (Lipinski definition) is 2. The Balaban J connectivity index is 1.70. The molecule has 1 aliphatic heterocycles. The number of Topliss-reactive ketones (excluding diaryl/α,β-unsaturated/α-hetero) is 1. The largest absolute Gasteiger partial charge is 0.293 e. The van der Waals surface area contributed by atoms with Crippen molar-refractivity contribution in [1.82, 2.24) is 0 Å². The van der Waals surface area contributed by atoms with Gasteiger partial charge in [0.15, 0.2) is 5.78 Å². The summed E-state index contributed by atoms with van der Waals surface area (Å²) in [5.74, 6) is 0.229. The highest BCUT2D eigenvalue weighted by atomic mass is 32.2. The number of thioether (sulfide) groups is 1. The van der Waals surface area contributed by atoms with Crippen LogP contribution in [0.1, 0.15) is 28.3 Å². The monoisotopic (exact) mass is 270 g/mol. The molecule has 1 spiro atoms. The number of carbonyl (C=O) groups is 1. The Morgan fingerprint density at radius 1 is 1.11 bits per heavy atom. The van der Waals surface area contributed by atoms with E-state index in [-0.39, 0.29) is 22.3 Å². The molecule has 2 aromatic rings. The van der Waals surface area contributed by atoms with Gasteiger partial charge in [0.25, 0.3) is 0 Å². The van der Waals surface area contributed by atoms with Crippen molar-refractivity contribution in [3.63, 3.8) is 0 Å². The van der Waals surface area contributed by atoms with E-state index in [1.54, 1.807) is 23.9 Å². The first-order chi connectivity index (χ1) is 9.21. The summed E-state index contributed by atoms with van der Waals surface area (Å²) in [6.07, 6.45) is 0.858. The summed E-state index contributed by atoms with van der Waals surface area (Å²) in [5.41, 5.74) is 1.91. The normalized spacial score (nSPS) is 27.6. The zero-order valence-electron chi connectivity index (χ0n) is 10.1. The number of halogens is 1. The Hall–Kier alpha value is -1.61. The van der Waals surface area contributed by atoms with Crippen LogP contribution < -0.4 is 0 Å². The van der Waals surface area contributed by atoms with Crippen molar-refractivity contribution >= 4 is 17.5 Å². The lowest BCUT2D eigenvalue weighted by atomic mass is 10.0. The molecule has 0 N–H and O–H groups in total. The molecule has 0 saturated heterocycles. The summed E-state index contributed by atoms with van der Waals surface area (Å²) in [6.45, 7) is 0. The van der Waals surface area contributed by atoms with Crippen LogP contribution in [0.25, 0.3) is 0 Å². The molecule has 1 aliphatic carbocycles. The summed E-state index contributed by atoms with van der Waals surface area (Å²) in [6, 6.07) is 14.3. The van der Waals surface area contributed by atoms with Gasteiger partial charge in [-0.2, -0.15) is 0 Å². The lowest BCUT2D eigenvalue weighted by molar-refractivity contribution is 0.0981. The highest BCUT2D eigenvalue weighted by Crippen LogP contribution is 2.67. The topological polar surface area (TPSA) is 17.1 Å². The van der Waals surface area contributed by atoms with Crippen LogP contribution in [-0.2, 0) is 0 Å². The average Bonchev–Trinajstić information content (AvgIpc) is 3.07. The van der Waals surface area contributed by atoms with E-state index in [2.05, 4.69) is 0 Å². The number of hydrogen-bond donors (Lipinski definition) is 0. The summed E-state index contributed by atoms with van der Waals surface area (Å²) in [4.78, 5) is 13.6. The van der Waals surface area contributed by atoms with Crippen LogP contribution in [0, 0.1) is 5.82 Å². The fraction of sp³-hybridized carbons (Fsp3) is 0.188. The molecule has 1 saturated carbocycles. The summed E-state index contributed by atoms with van der Waals surface area (Å²) >= 11 is 1.68. The van der Waals surface area contributed by atoms with Crippen molar-refractivity contribution in [2.24, 2.45) is 0 Å². The second kappa shape index (κ2) is 3.70. The van der Waals surface area contributed by atoms with Crippen molar-refractivity contribution in [2.75, 3.05) is 0 Å². The quantitative estimate of drug-likeness (QED) is 0.778. The van der Waals surface area contributed by atoms with Crippen LogP contribution in [-0.4, -0.2) is 10.5 Å². The zero-order valence-corrected chi connectivity index (χ0v) is 10.9. The number of benzene rings is 2. The van der Waals surface area contributed by atoms with E-state index in [9.17, 15) is 9.18 Å². The third-order valence-corrected chi connectivity index (χ3v) is 5.57. The summed E-state index contributed by atoms with van der Waals surface area (Å²) < 4.78 is 12.6. The minimum absolute atomic E-state index is 0.220. The van der Waals surface area contributed by atoms with Gasteiger partial charge in [-0.15, -0.1) is 11.8 Å². The van der Waals surface area contributed by atoms with Crippen LogP contribution in [0.2, 0.25) is 0 Å². The molecule has 1 heterocycles. The highest BCUT2D eigenvalue weighted by molar-refractivity contribution is 8.02. The van der Waals surface area contributed by atoms with Crippen LogP contribution in [0.4, 0.5) is 4.39 Å². The minimum Gasteiger partial charge on any atom is -0.293 e. The van der Waals surface area contributed by atoms with E-state index in [0.29, 0.717) is 0 Å². The van der Waals surface area contributed by atoms with E-state index in [1.807, 2.05) is 24.3 Å². The van der Waals surface area contributed by atoms with Gasteiger partial charge in [0.1, 0.15) is 5.82 Å². The molecular weight excluding hydrogens is 259 g/mol. The SMILES string of the molecule is O=C1c2ccccc2SC12CC2c1ccc(F)cc1. The van der Waals surface area contributed by atoms with Crippen molar-refractivity contribution in [1.29, 1.82) is 0 Å². The van der Waals surface area contributed by atoms with E-state index >= 15 is 0 Å². The molecule has 4 rings (SSSR count). The van der Waals surface area contributed by atoms with Gasteiger partial charge >= 0.3 is 0 Å². The Labute approximate surface area is 114 Å². The summed E-state index contributed by atoms with van der Waals surface area (Å²) in [7, 11) is 0. The van der Waals surface area contributed by atoms with Gasteiger partial charge in [0.2, 0.25) is 0 Å². The van der Waals surface area contributed by atoms with Gasteiger partial charge < -0.3 is 0 Å². The fourth-order valence-corrected chi connectivity index (χ4v) is 4.44. The molecule has 1 nitrogen and oxygen atoms in total. The number of rotatable bonds is 1. The molecule has 0 amide bonds. The molecule has 94 valence electrons. The van der Waals surface area contributed by atoms with Crippen molar-refractivity contribution in [3.05, 3.63) is 65.5 Å². The molecule has 2 atom stereocenters. The first kappa shape index (κ1) is 11.2. The Bertz CT molecular complexity index is 679. The lowest BCUT2D eigenvalue weighted by Crippen LogP contribution is -2.15. The number of fused-ring (bicyclic) bond motifs is 1.